The molecule has 3 rings (SSSR count). The molecule has 29 heavy (non-hydrogen) atoms. The number of carbonyl (C=O) groups excluding carboxylic acids is 2. The fraction of sp³-hybridized carbons (Fsp3) is 0.227. The van der Waals surface area contributed by atoms with E-state index in [9.17, 15) is 9.59 Å². The van der Waals surface area contributed by atoms with Gasteiger partial charge in [0.25, 0.3) is 5.91 Å². The number of carbonyl (C=O) groups is 2. The average molecular weight is 410 g/mol. The van der Waals surface area contributed by atoms with E-state index in [1.807, 2.05) is 23.6 Å². The molecule has 0 saturated heterocycles. The van der Waals surface area contributed by atoms with Crippen LogP contribution in [0, 0.1) is 0 Å². The number of fused-ring (bicyclic) bond motifs is 1. The molecule has 7 heteroatoms. The molecule has 150 valence electrons. The molecule has 1 amide bonds. The van der Waals surface area contributed by atoms with E-state index >= 15 is 0 Å². The Kier molecular flexibility index (Phi) is 6.61. The third-order valence-corrected chi connectivity index (χ3v) is 5.16. The molecule has 0 bridgehead atoms. The van der Waals surface area contributed by atoms with Crippen LogP contribution < -0.4 is 9.54 Å². The Bertz CT molecular complexity index is 1130. The number of rotatable bonds is 7. The van der Waals surface area contributed by atoms with Crippen molar-refractivity contribution in [2.45, 2.75) is 20.4 Å². The van der Waals surface area contributed by atoms with Crippen LogP contribution in [-0.4, -0.2) is 29.7 Å². The maximum Gasteiger partial charge on any atom is 0.338 e. The maximum atomic E-state index is 12.9. The van der Waals surface area contributed by atoms with Crippen LogP contribution in [0.3, 0.4) is 0 Å². The van der Waals surface area contributed by atoms with E-state index in [4.69, 9.17) is 9.47 Å². The molecule has 0 unspecified atom stereocenters. The Morgan fingerprint density at radius 3 is 2.69 bits per heavy atom. The highest BCUT2D eigenvalue weighted by atomic mass is 32.1. The van der Waals surface area contributed by atoms with E-state index in [2.05, 4.69) is 11.6 Å². The summed E-state index contributed by atoms with van der Waals surface area (Å²) < 4.78 is 13.3. The summed E-state index contributed by atoms with van der Waals surface area (Å²) in [6.07, 6.45) is 1.74. The van der Waals surface area contributed by atoms with E-state index in [0.29, 0.717) is 41.4 Å². The third kappa shape index (κ3) is 4.46. The molecule has 0 aliphatic heterocycles. The first kappa shape index (κ1) is 20.5. The lowest BCUT2D eigenvalue weighted by Gasteiger charge is -2.06. The number of allylic oxidation sites excluding steroid dienone is 1. The number of ether oxygens (including phenoxy) is 2. The van der Waals surface area contributed by atoms with Crippen LogP contribution in [0.1, 0.15) is 34.6 Å². The first-order chi connectivity index (χ1) is 14.1. The molecule has 0 spiro atoms. The molecule has 0 fully saturated rings. The van der Waals surface area contributed by atoms with Crippen LogP contribution >= 0.6 is 11.3 Å². The van der Waals surface area contributed by atoms with Gasteiger partial charge in [0.2, 0.25) is 0 Å². The van der Waals surface area contributed by atoms with Gasteiger partial charge in [0.1, 0.15) is 5.75 Å². The first-order valence-corrected chi connectivity index (χ1v) is 10.1. The van der Waals surface area contributed by atoms with E-state index in [1.165, 1.54) is 11.3 Å². The predicted molar refractivity (Wildman–Crippen MR) is 113 cm³/mol. The zero-order valence-electron chi connectivity index (χ0n) is 16.4. The summed E-state index contributed by atoms with van der Waals surface area (Å²) in [5, 5.41) is 0. The number of esters is 1. The van der Waals surface area contributed by atoms with Gasteiger partial charge in [0.15, 0.2) is 4.80 Å². The van der Waals surface area contributed by atoms with Crippen molar-refractivity contribution in [3.8, 4) is 5.75 Å². The number of benzene rings is 2. The fourth-order valence-corrected chi connectivity index (χ4v) is 3.95. The summed E-state index contributed by atoms with van der Waals surface area (Å²) >= 11 is 1.33. The Labute approximate surface area is 172 Å². The molecule has 0 radical (unpaired) electrons. The zero-order valence-corrected chi connectivity index (χ0v) is 17.2. The zero-order chi connectivity index (χ0) is 20.8. The molecule has 0 aliphatic rings. The molecule has 0 aliphatic carbocycles. The van der Waals surface area contributed by atoms with Gasteiger partial charge < -0.3 is 14.0 Å². The van der Waals surface area contributed by atoms with Crippen molar-refractivity contribution in [1.82, 2.24) is 4.57 Å². The van der Waals surface area contributed by atoms with Gasteiger partial charge >= 0.3 is 5.97 Å². The second-order valence-corrected chi connectivity index (χ2v) is 7.04. The quantitative estimate of drug-likeness (QED) is 0.432. The minimum Gasteiger partial charge on any atom is -0.493 e. The summed E-state index contributed by atoms with van der Waals surface area (Å²) in [4.78, 5) is 29.7. The summed E-state index contributed by atoms with van der Waals surface area (Å²) in [6, 6.07) is 12.3. The van der Waals surface area contributed by atoms with Gasteiger partial charge in [-0.3, -0.25) is 4.79 Å². The van der Waals surface area contributed by atoms with Crippen LogP contribution in [0.4, 0.5) is 0 Å². The van der Waals surface area contributed by atoms with Gasteiger partial charge in [-0.25, -0.2) is 4.79 Å². The van der Waals surface area contributed by atoms with Crippen molar-refractivity contribution in [2.24, 2.45) is 4.99 Å². The van der Waals surface area contributed by atoms with Crippen molar-refractivity contribution >= 4 is 33.4 Å². The Balaban J connectivity index is 2.10. The fourth-order valence-electron chi connectivity index (χ4n) is 2.88. The SMILES string of the molecule is C=CCn1c(=NC(=O)c2ccccc2OCC)sc2cc(C(=O)OCC)ccc21. The predicted octanol–water partition coefficient (Wildman–Crippen LogP) is 4.21. The molecule has 1 heterocycles. The van der Waals surface area contributed by atoms with E-state index in [-0.39, 0.29) is 11.9 Å². The number of aromatic nitrogens is 1. The molecule has 0 N–H and O–H groups in total. The smallest absolute Gasteiger partial charge is 0.338 e. The number of hydrogen-bond acceptors (Lipinski definition) is 5. The van der Waals surface area contributed by atoms with Crippen LogP contribution in [0.25, 0.3) is 10.2 Å². The molecule has 0 atom stereocenters. The number of thiazole rings is 1. The highest BCUT2D eigenvalue weighted by Gasteiger charge is 2.14. The second-order valence-electron chi connectivity index (χ2n) is 6.03. The number of amides is 1. The van der Waals surface area contributed by atoms with Gasteiger partial charge in [-0.1, -0.05) is 29.5 Å². The molecule has 6 nitrogen and oxygen atoms in total. The Morgan fingerprint density at radius 2 is 1.97 bits per heavy atom. The number of hydrogen-bond donors (Lipinski definition) is 0. The van der Waals surface area contributed by atoms with Crippen molar-refractivity contribution in [3.63, 3.8) is 0 Å². The summed E-state index contributed by atoms with van der Waals surface area (Å²) in [6.45, 7) is 8.68. The third-order valence-electron chi connectivity index (χ3n) is 4.12. The molecule has 1 aromatic heterocycles. The lowest BCUT2D eigenvalue weighted by molar-refractivity contribution is 0.0526. The highest BCUT2D eigenvalue weighted by molar-refractivity contribution is 7.16. The lowest BCUT2D eigenvalue weighted by atomic mass is 10.2. The van der Waals surface area contributed by atoms with Crippen molar-refractivity contribution in [2.75, 3.05) is 13.2 Å². The van der Waals surface area contributed by atoms with Crippen LogP contribution in [0.15, 0.2) is 60.1 Å². The number of nitrogens with zero attached hydrogens (tertiary/aromatic N) is 2. The van der Waals surface area contributed by atoms with Crippen LogP contribution in [0.2, 0.25) is 0 Å². The Morgan fingerprint density at radius 1 is 1.17 bits per heavy atom. The highest BCUT2D eigenvalue weighted by Crippen LogP contribution is 2.22. The minimum atomic E-state index is -0.385. The molecular formula is C22H22N2O4S. The van der Waals surface area contributed by atoms with Crippen molar-refractivity contribution in [3.05, 3.63) is 71.0 Å². The monoisotopic (exact) mass is 410 g/mol. The van der Waals surface area contributed by atoms with Crippen molar-refractivity contribution < 1.29 is 19.1 Å². The average Bonchev–Trinajstić information content (AvgIpc) is 3.05. The topological polar surface area (TPSA) is 69.9 Å². The van der Waals surface area contributed by atoms with Gasteiger partial charge in [-0.15, -0.1) is 6.58 Å². The van der Waals surface area contributed by atoms with Crippen LogP contribution in [0.5, 0.6) is 5.75 Å². The molecule has 0 saturated carbocycles. The first-order valence-electron chi connectivity index (χ1n) is 9.31. The largest absolute Gasteiger partial charge is 0.493 e. The molecule has 3 aromatic rings. The lowest BCUT2D eigenvalue weighted by Crippen LogP contribution is -2.16. The van der Waals surface area contributed by atoms with Gasteiger partial charge in [0.05, 0.1) is 34.6 Å². The van der Waals surface area contributed by atoms with Gasteiger partial charge in [0, 0.05) is 6.54 Å². The summed E-state index contributed by atoms with van der Waals surface area (Å²) in [5.74, 6) is -0.257. The number of para-hydroxylation sites is 1. The standard InChI is InChI=1S/C22H22N2O4S/c1-4-13-24-17-12-11-15(21(26)28-6-3)14-19(17)29-22(24)23-20(25)16-9-7-8-10-18(16)27-5-2/h4,7-12,14H,1,5-6,13H2,2-3H3. The minimum absolute atomic E-state index is 0.312. The normalized spacial score (nSPS) is 11.4. The van der Waals surface area contributed by atoms with E-state index in [1.54, 1.807) is 43.3 Å². The second kappa shape index (κ2) is 9.34. The van der Waals surface area contributed by atoms with Gasteiger partial charge in [-0.05, 0) is 44.2 Å². The maximum absolute atomic E-state index is 12.9. The molecule has 2 aromatic carbocycles. The Hall–Kier alpha value is -3.19. The summed E-state index contributed by atoms with van der Waals surface area (Å²) in [5.41, 5.74) is 1.74. The summed E-state index contributed by atoms with van der Waals surface area (Å²) in [7, 11) is 0. The van der Waals surface area contributed by atoms with E-state index < -0.39 is 0 Å². The molecular weight excluding hydrogens is 388 g/mol. The van der Waals surface area contributed by atoms with Crippen molar-refractivity contribution in [1.29, 1.82) is 0 Å². The van der Waals surface area contributed by atoms with Crippen LogP contribution in [-0.2, 0) is 11.3 Å². The van der Waals surface area contributed by atoms with Gasteiger partial charge in [-0.2, -0.15) is 4.99 Å². The van der Waals surface area contributed by atoms with E-state index in [0.717, 1.165) is 10.2 Å².